The Kier molecular flexibility index (Phi) is 6.34. The monoisotopic (exact) mass is 488 g/mol. The molecule has 7 nitrogen and oxygen atoms in total. The number of aliphatic imine (C=N–C) groups is 1. The summed E-state index contributed by atoms with van der Waals surface area (Å²) in [5, 5.41) is 11.9. The van der Waals surface area contributed by atoms with E-state index >= 15 is 0 Å². The molecular weight excluding hydrogens is 455 g/mol. The lowest BCUT2D eigenvalue weighted by atomic mass is 9.55. The van der Waals surface area contributed by atoms with Crippen LogP contribution in [0.25, 0.3) is 0 Å². The smallest absolute Gasteiger partial charge is 0.192 e. The lowest BCUT2D eigenvalue weighted by Crippen LogP contribution is -2.71. The van der Waals surface area contributed by atoms with Crippen LogP contribution in [0.2, 0.25) is 0 Å². The van der Waals surface area contributed by atoms with Crippen molar-refractivity contribution in [2.75, 3.05) is 13.2 Å². The Labute approximate surface area is 179 Å². The van der Waals surface area contributed by atoms with Gasteiger partial charge in [0.1, 0.15) is 11.6 Å². The Morgan fingerprint density at radius 3 is 2.89 bits per heavy atom. The van der Waals surface area contributed by atoms with Crippen molar-refractivity contribution in [3.63, 3.8) is 0 Å². The number of nitrogens with zero attached hydrogens (tertiary/aromatic N) is 4. The summed E-state index contributed by atoms with van der Waals surface area (Å²) >= 11 is 0. The normalized spacial score (nSPS) is 31.8. The first-order valence-electron chi connectivity index (χ1n) is 10.1. The summed E-state index contributed by atoms with van der Waals surface area (Å²) in [6, 6.07) is 0.568. The third kappa shape index (κ3) is 3.83. The highest BCUT2D eigenvalue weighted by atomic mass is 127. The molecule has 2 fully saturated rings. The Bertz CT molecular complexity index is 688. The predicted octanol–water partition coefficient (Wildman–Crippen LogP) is 2.80. The van der Waals surface area contributed by atoms with Gasteiger partial charge in [-0.25, -0.2) is 9.67 Å². The Morgan fingerprint density at radius 2 is 2.11 bits per heavy atom. The Balaban J connectivity index is 0.00000210. The van der Waals surface area contributed by atoms with E-state index in [4.69, 9.17) is 9.73 Å². The van der Waals surface area contributed by atoms with Gasteiger partial charge in [-0.1, -0.05) is 13.8 Å². The number of halogens is 1. The Hall–Kier alpha value is -0.900. The molecule has 3 heterocycles. The van der Waals surface area contributed by atoms with Crippen molar-refractivity contribution in [2.24, 2.45) is 16.3 Å². The first-order valence-corrected chi connectivity index (χ1v) is 10.1. The summed E-state index contributed by atoms with van der Waals surface area (Å²) < 4.78 is 8.08. The van der Waals surface area contributed by atoms with Crippen molar-refractivity contribution < 1.29 is 4.74 Å². The second-order valence-corrected chi connectivity index (χ2v) is 8.44. The SMILES string of the molecule is CCN=C(NC1CCCn2nc(C)nc21)NC1C2CCCOC2C1(C)C.I. The van der Waals surface area contributed by atoms with Gasteiger partial charge in [-0.3, -0.25) is 4.99 Å². The largest absolute Gasteiger partial charge is 0.377 e. The number of aryl methyl sites for hydroxylation is 2. The van der Waals surface area contributed by atoms with Gasteiger partial charge in [0.2, 0.25) is 0 Å². The van der Waals surface area contributed by atoms with Crippen LogP contribution in [-0.4, -0.2) is 46.0 Å². The standard InChI is InChI=1S/C19H32N6O.HI/c1-5-20-18(22-14-9-6-10-25-17(14)21-12(2)24-25)23-15-13-8-7-11-26-16(13)19(15,3)4;/h13-16H,5-11H2,1-4H3,(H2,20,22,23);1H. The maximum atomic E-state index is 6.04. The van der Waals surface area contributed by atoms with Crippen LogP contribution < -0.4 is 10.6 Å². The molecule has 2 aliphatic heterocycles. The molecule has 4 unspecified atom stereocenters. The van der Waals surface area contributed by atoms with Gasteiger partial charge in [-0.2, -0.15) is 5.10 Å². The van der Waals surface area contributed by atoms with Crippen LogP contribution in [0.5, 0.6) is 0 Å². The highest BCUT2D eigenvalue weighted by Gasteiger charge is 2.58. The fraction of sp³-hybridized carbons (Fsp3) is 0.842. The van der Waals surface area contributed by atoms with Gasteiger partial charge in [-0.05, 0) is 39.5 Å². The number of nitrogens with one attached hydrogen (secondary N) is 2. The second-order valence-electron chi connectivity index (χ2n) is 8.44. The van der Waals surface area contributed by atoms with Crippen LogP contribution >= 0.6 is 24.0 Å². The van der Waals surface area contributed by atoms with Crippen LogP contribution in [0, 0.1) is 18.3 Å². The first kappa shape index (κ1) is 20.8. The van der Waals surface area contributed by atoms with E-state index in [-0.39, 0.29) is 35.4 Å². The van der Waals surface area contributed by atoms with Gasteiger partial charge in [0.15, 0.2) is 5.96 Å². The number of hydrogen-bond donors (Lipinski definition) is 2. The molecule has 0 spiro atoms. The number of fused-ring (bicyclic) bond motifs is 2. The topological polar surface area (TPSA) is 76.4 Å². The zero-order valence-corrected chi connectivity index (χ0v) is 19.2. The average molecular weight is 488 g/mol. The number of guanidine groups is 1. The van der Waals surface area contributed by atoms with E-state index in [1.807, 2.05) is 11.6 Å². The minimum atomic E-state index is 0. The van der Waals surface area contributed by atoms with Crippen LogP contribution in [-0.2, 0) is 11.3 Å². The van der Waals surface area contributed by atoms with Crippen molar-refractivity contribution in [2.45, 2.75) is 78.1 Å². The molecule has 3 aliphatic rings. The molecule has 1 saturated carbocycles. The Morgan fingerprint density at radius 1 is 1.30 bits per heavy atom. The van der Waals surface area contributed by atoms with Crippen molar-refractivity contribution in [3.8, 4) is 0 Å². The maximum absolute atomic E-state index is 6.04. The summed E-state index contributed by atoms with van der Waals surface area (Å²) in [6.45, 7) is 11.3. The van der Waals surface area contributed by atoms with Crippen LogP contribution in [0.3, 0.4) is 0 Å². The summed E-state index contributed by atoms with van der Waals surface area (Å²) in [6.07, 6.45) is 4.94. The molecule has 0 bridgehead atoms. The van der Waals surface area contributed by atoms with Crippen molar-refractivity contribution in [1.29, 1.82) is 0 Å². The molecule has 0 radical (unpaired) electrons. The third-order valence-corrected chi connectivity index (χ3v) is 6.23. The molecule has 0 amide bonds. The van der Waals surface area contributed by atoms with E-state index in [0.717, 1.165) is 56.6 Å². The van der Waals surface area contributed by atoms with Crippen LogP contribution in [0.15, 0.2) is 4.99 Å². The van der Waals surface area contributed by atoms with E-state index in [0.29, 0.717) is 18.1 Å². The lowest BCUT2D eigenvalue weighted by Gasteiger charge is -2.60. The quantitative estimate of drug-likeness (QED) is 0.389. The zero-order chi connectivity index (χ0) is 18.3. The summed E-state index contributed by atoms with van der Waals surface area (Å²) in [4.78, 5) is 9.36. The summed E-state index contributed by atoms with van der Waals surface area (Å²) in [7, 11) is 0. The van der Waals surface area contributed by atoms with Gasteiger partial charge in [0, 0.05) is 37.1 Å². The maximum Gasteiger partial charge on any atom is 0.192 e. The van der Waals surface area contributed by atoms with Gasteiger partial charge >= 0.3 is 0 Å². The minimum Gasteiger partial charge on any atom is -0.377 e. The van der Waals surface area contributed by atoms with Gasteiger partial charge in [-0.15, -0.1) is 24.0 Å². The fourth-order valence-electron chi connectivity index (χ4n) is 5.02. The first-order chi connectivity index (χ1) is 12.5. The molecule has 4 rings (SSSR count). The minimum absolute atomic E-state index is 0. The summed E-state index contributed by atoms with van der Waals surface area (Å²) in [5.74, 6) is 3.36. The number of rotatable bonds is 3. The molecule has 152 valence electrons. The lowest BCUT2D eigenvalue weighted by molar-refractivity contribution is -0.188. The molecule has 1 aromatic rings. The molecule has 1 saturated heterocycles. The number of hydrogen-bond acceptors (Lipinski definition) is 4. The fourth-order valence-corrected chi connectivity index (χ4v) is 5.02. The zero-order valence-electron chi connectivity index (χ0n) is 16.9. The molecule has 2 N–H and O–H groups in total. The van der Waals surface area contributed by atoms with Gasteiger partial charge in [0.05, 0.1) is 12.1 Å². The molecule has 1 aromatic heterocycles. The predicted molar refractivity (Wildman–Crippen MR) is 116 cm³/mol. The molecule has 4 atom stereocenters. The molecule has 27 heavy (non-hydrogen) atoms. The van der Waals surface area contributed by atoms with E-state index in [9.17, 15) is 0 Å². The molecule has 8 heteroatoms. The van der Waals surface area contributed by atoms with Crippen molar-refractivity contribution >= 4 is 29.9 Å². The highest BCUT2D eigenvalue weighted by Crippen LogP contribution is 2.51. The van der Waals surface area contributed by atoms with Gasteiger partial charge in [0.25, 0.3) is 0 Å². The van der Waals surface area contributed by atoms with E-state index in [2.05, 4.69) is 41.5 Å². The molecular formula is C19H33IN6O. The second kappa shape index (κ2) is 8.23. The number of ether oxygens (including phenoxy) is 1. The van der Waals surface area contributed by atoms with Crippen molar-refractivity contribution in [3.05, 3.63) is 11.6 Å². The number of aromatic nitrogens is 3. The van der Waals surface area contributed by atoms with Crippen LogP contribution in [0.1, 0.15) is 64.1 Å². The highest BCUT2D eigenvalue weighted by molar-refractivity contribution is 14.0. The third-order valence-electron chi connectivity index (χ3n) is 6.23. The van der Waals surface area contributed by atoms with E-state index < -0.39 is 0 Å². The summed E-state index contributed by atoms with van der Waals surface area (Å²) in [5.41, 5.74) is 0.129. The van der Waals surface area contributed by atoms with E-state index in [1.54, 1.807) is 0 Å². The van der Waals surface area contributed by atoms with Gasteiger partial charge < -0.3 is 15.4 Å². The molecule has 1 aliphatic carbocycles. The van der Waals surface area contributed by atoms with Crippen molar-refractivity contribution in [1.82, 2.24) is 25.4 Å². The van der Waals surface area contributed by atoms with E-state index in [1.165, 1.54) is 6.42 Å². The van der Waals surface area contributed by atoms with Crippen LogP contribution in [0.4, 0.5) is 0 Å². The molecule has 0 aromatic carbocycles. The average Bonchev–Trinajstić information content (AvgIpc) is 3.01.